The summed E-state index contributed by atoms with van der Waals surface area (Å²) in [6, 6.07) is 2.21. The van der Waals surface area contributed by atoms with E-state index in [4.69, 9.17) is 15.6 Å². The zero-order chi connectivity index (χ0) is 10.0. The molecule has 0 atom stereocenters. The van der Waals surface area contributed by atoms with Crippen LogP contribution < -0.4 is 10.5 Å². The summed E-state index contributed by atoms with van der Waals surface area (Å²) in [5, 5.41) is 9.17. The molecule has 0 unspecified atom stereocenters. The SMILES string of the molecule is CC(C)Oc1cc(O)c(N)cc1F. The van der Waals surface area contributed by atoms with Gasteiger partial charge in [-0.15, -0.1) is 0 Å². The molecule has 1 aromatic carbocycles. The summed E-state index contributed by atoms with van der Waals surface area (Å²) >= 11 is 0. The maximum absolute atomic E-state index is 13.1. The molecular weight excluding hydrogens is 173 g/mol. The summed E-state index contributed by atoms with van der Waals surface area (Å²) < 4.78 is 18.2. The zero-order valence-electron chi connectivity index (χ0n) is 7.54. The van der Waals surface area contributed by atoms with E-state index >= 15 is 0 Å². The number of ether oxygens (including phenoxy) is 1. The smallest absolute Gasteiger partial charge is 0.167 e. The Morgan fingerprint density at radius 3 is 2.62 bits per heavy atom. The first-order valence-electron chi connectivity index (χ1n) is 3.95. The van der Waals surface area contributed by atoms with Crippen molar-refractivity contribution in [3.8, 4) is 11.5 Å². The molecule has 0 aromatic heterocycles. The predicted octanol–water partition coefficient (Wildman–Crippen LogP) is 1.90. The fourth-order valence-corrected chi connectivity index (χ4v) is 0.902. The van der Waals surface area contributed by atoms with Crippen LogP contribution in [-0.4, -0.2) is 11.2 Å². The van der Waals surface area contributed by atoms with Gasteiger partial charge in [-0.05, 0) is 13.8 Å². The molecule has 4 heteroatoms. The number of rotatable bonds is 2. The molecule has 0 radical (unpaired) electrons. The highest BCUT2D eigenvalue weighted by atomic mass is 19.1. The van der Waals surface area contributed by atoms with Gasteiger partial charge in [-0.2, -0.15) is 0 Å². The highest BCUT2D eigenvalue weighted by Crippen LogP contribution is 2.29. The average Bonchev–Trinajstić information content (AvgIpc) is 1.99. The van der Waals surface area contributed by atoms with Crippen molar-refractivity contribution in [3.05, 3.63) is 17.9 Å². The van der Waals surface area contributed by atoms with Crippen LogP contribution in [-0.2, 0) is 0 Å². The van der Waals surface area contributed by atoms with E-state index in [1.807, 2.05) is 0 Å². The Morgan fingerprint density at radius 1 is 1.46 bits per heavy atom. The second-order valence-electron chi connectivity index (χ2n) is 3.01. The fourth-order valence-electron chi connectivity index (χ4n) is 0.902. The number of halogens is 1. The molecule has 0 aliphatic carbocycles. The minimum atomic E-state index is -0.566. The van der Waals surface area contributed by atoms with Crippen LogP contribution in [0.3, 0.4) is 0 Å². The quantitative estimate of drug-likeness (QED) is 0.546. The van der Waals surface area contributed by atoms with E-state index in [1.54, 1.807) is 13.8 Å². The van der Waals surface area contributed by atoms with Gasteiger partial charge in [0.05, 0.1) is 11.8 Å². The minimum absolute atomic E-state index is 0.00797. The molecule has 1 rings (SSSR count). The van der Waals surface area contributed by atoms with Crippen molar-refractivity contribution in [2.45, 2.75) is 20.0 Å². The molecular formula is C9H12FNO2. The summed E-state index contributed by atoms with van der Waals surface area (Å²) in [5.41, 5.74) is 5.28. The van der Waals surface area contributed by atoms with Gasteiger partial charge in [-0.25, -0.2) is 4.39 Å². The molecule has 0 aliphatic rings. The van der Waals surface area contributed by atoms with Crippen LogP contribution >= 0.6 is 0 Å². The van der Waals surface area contributed by atoms with E-state index in [0.717, 1.165) is 6.07 Å². The van der Waals surface area contributed by atoms with E-state index in [2.05, 4.69) is 0 Å². The summed E-state index contributed by atoms with van der Waals surface area (Å²) in [7, 11) is 0. The van der Waals surface area contributed by atoms with E-state index < -0.39 is 5.82 Å². The Labute approximate surface area is 75.9 Å². The highest BCUT2D eigenvalue weighted by molar-refractivity contribution is 5.55. The summed E-state index contributed by atoms with van der Waals surface area (Å²) in [4.78, 5) is 0. The molecule has 0 heterocycles. The monoisotopic (exact) mass is 185 g/mol. The maximum atomic E-state index is 13.1. The molecule has 0 saturated heterocycles. The Morgan fingerprint density at radius 2 is 2.08 bits per heavy atom. The third kappa shape index (κ3) is 2.24. The number of phenols is 1. The summed E-state index contributed by atoms with van der Waals surface area (Å²) in [6.07, 6.45) is -0.141. The summed E-state index contributed by atoms with van der Waals surface area (Å²) in [6.45, 7) is 3.54. The molecule has 3 N–H and O–H groups in total. The number of nitrogen functional groups attached to an aromatic ring is 1. The van der Waals surface area contributed by atoms with Crippen molar-refractivity contribution in [1.29, 1.82) is 0 Å². The second-order valence-corrected chi connectivity index (χ2v) is 3.01. The number of hydrogen-bond donors (Lipinski definition) is 2. The lowest BCUT2D eigenvalue weighted by molar-refractivity contribution is 0.230. The van der Waals surface area contributed by atoms with Gasteiger partial charge in [0.2, 0.25) is 0 Å². The average molecular weight is 185 g/mol. The van der Waals surface area contributed by atoms with Gasteiger partial charge in [0.1, 0.15) is 5.75 Å². The lowest BCUT2D eigenvalue weighted by Crippen LogP contribution is -2.07. The normalized spacial score (nSPS) is 10.5. The Hall–Kier alpha value is -1.45. The first-order valence-corrected chi connectivity index (χ1v) is 3.95. The van der Waals surface area contributed by atoms with E-state index in [-0.39, 0.29) is 23.3 Å². The predicted molar refractivity (Wildman–Crippen MR) is 48.2 cm³/mol. The third-order valence-corrected chi connectivity index (χ3v) is 1.44. The van der Waals surface area contributed by atoms with Crippen molar-refractivity contribution in [2.75, 3.05) is 5.73 Å². The van der Waals surface area contributed by atoms with Crippen LogP contribution in [0.4, 0.5) is 10.1 Å². The zero-order valence-corrected chi connectivity index (χ0v) is 7.54. The Kier molecular flexibility index (Phi) is 2.60. The van der Waals surface area contributed by atoms with Gasteiger partial charge >= 0.3 is 0 Å². The highest BCUT2D eigenvalue weighted by Gasteiger charge is 2.09. The van der Waals surface area contributed by atoms with Crippen molar-refractivity contribution in [1.82, 2.24) is 0 Å². The minimum Gasteiger partial charge on any atom is -0.506 e. The van der Waals surface area contributed by atoms with Gasteiger partial charge in [0.25, 0.3) is 0 Å². The molecule has 0 fully saturated rings. The topological polar surface area (TPSA) is 55.5 Å². The van der Waals surface area contributed by atoms with Crippen LogP contribution in [0.5, 0.6) is 11.5 Å². The van der Waals surface area contributed by atoms with Crippen LogP contribution in [0.1, 0.15) is 13.8 Å². The third-order valence-electron chi connectivity index (χ3n) is 1.44. The first-order chi connectivity index (χ1) is 6.00. The van der Waals surface area contributed by atoms with Crippen molar-refractivity contribution in [2.24, 2.45) is 0 Å². The molecule has 3 nitrogen and oxygen atoms in total. The van der Waals surface area contributed by atoms with Crippen LogP contribution in [0, 0.1) is 5.82 Å². The molecule has 0 amide bonds. The van der Waals surface area contributed by atoms with E-state index in [0.29, 0.717) is 0 Å². The number of hydrogen-bond acceptors (Lipinski definition) is 3. The Balaban J connectivity index is 3.01. The maximum Gasteiger partial charge on any atom is 0.167 e. The van der Waals surface area contributed by atoms with Gasteiger partial charge in [-0.1, -0.05) is 0 Å². The largest absolute Gasteiger partial charge is 0.506 e. The number of nitrogens with two attached hydrogens (primary N) is 1. The Bertz CT molecular complexity index is 313. The van der Waals surface area contributed by atoms with Gasteiger partial charge in [-0.3, -0.25) is 0 Å². The number of anilines is 1. The first kappa shape index (κ1) is 9.64. The van der Waals surface area contributed by atoms with Crippen molar-refractivity contribution < 1.29 is 14.2 Å². The molecule has 0 spiro atoms. The van der Waals surface area contributed by atoms with Crippen LogP contribution in [0.2, 0.25) is 0 Å². The standard InChI is InChI=1S/C9H12FNO2/c1-5(2)13-9-4-8(12)7(11)3-6(9)10/h3-5,12H,11H2,1-2H3. The number of phenolic OH excluding ortho intramolecular Hbond substituents is 1. The number of benzene rings is 1. The fraction of sp³-hybridized carbons (Fsp3) is 0.333. The van der Waals surface area contributed by atoms with E-state index in [9.17, 15) is 4.39 Å². The molecule has 0 bridgehead atoms. The number of aromatic hydroxyl groups is 1. The van der Waals surface area contributed by atoms with Gasteiger partial charge in [0.15, 0.2) is 11.6 Å². The lowest BCUT2D eigenvalue weighted by Gasteiger charge is -2.11. The van der Waals surface area contributed by atoms with Gasteiger partial charge in [0, 0.05) is 12.1 Å². The molecule has 13 heavy (non-hydrogen) atoms. The van der Waals surface area contributed by atoms with Crippen LogP contribution in [0.15, 0.2) is 12.1 Å². The lowest BCUT2D eigenvalue weighted by atomic mass is 10.2. The van der Waals surface area contributed by atoms with Crippen molar-refractivity contribution >= 4 is 5.69 Å². The van der Waals surface area contributed by atoms with E-state index in [1.165, 1.54) is 6.07 Å². The second kappa shape index (κ2) is 3.51. The molecule has 1 aromatic rings. The summed E-state index contributed by atoms with van der Waals surface area (Å²) in [5.74, 6) is -0.720. The molecule has 72 valence electrons. The molecule has 0 saturated carbocycles. The van der Waals surface area contributed by atoms with Gasteiger partial charge < -0.3 is 15.6 Å². The van der Waals surface area contributed by atoms with Crippen molar-refractivity contribution in [3.63, 3.8) is 0 Å². The molecule has 0 aliphatic heterocycles. The van der Waals surface area contributed by atoms with Crippen LogP contribution in [0.25, 0.3) is 0 Å².